The van der Waals surface area contributed by atoms with Crippen molar-refractivity contribution in [2.45, 2.75) is 25.3 Å². The summed E-state index contributed by atoms with van der Waals surface area (Å²) in [5, 5.41) is 0. The molecule has 112 valence electrons. The fourth-order valence-corrected chi connectivity index (χ4v) is 1.76. The molecule has 1 unspecified atom stereocenters. The Hall–Kier alpha value is -2.36. The van der Waals surface area contributed by atoms with E-state index >= 15 is 0 Å². The molecule has 0 aromatic carbocycles. The Morgan fingerprint density at radius 3 is 2.71 bits per heavy atom. The van der Waals surface area contributed by atoms with Gasteiger partial charge in [0.15, 0.2) is 5.78 Å². The zero-order valence-corrected chi connectivity index (χ0v) is 12.1. The maximum atomic E-state index is 12.1. The van der Waals surface area contributed by atoms with Gasteiger partial charge in [0.05, 0.1) is 13.2 Å². The first-order valence-corrected chi connectivity index (χ1v) is 6.57. The second kappa shape index (κ2) is 8.04. The third-order valence-corrected chi connectivity index (χ3v) is 3.01. The highest BCUT2D eigenvalue weighted by Crippen LogP contribution is 2.14. The van der Waals surface area contributed by atoms with Crippen molar-refractivity contribution in [2.24, 2.45) is 11.5 Å². The van der Waals surface area contributed by atoms with Crippen LogP contribution in [-0.4, -0.2) is 24.9 Å². The van der Waals surface area contributed by atoms with Crippen LogP contribution < -0.4 is 11.5 Å². The highest BCUT2D eigenvalue weighted by molar-refractivity contribution is 5.99. The molecule has 4 N–H and O–H groups in total. The van der Waals surface area contributed by atoms with Gasteiger partial charge in [0, 0.05) is 18.2 Å². The first-order valence-electron chi connectivity index (χ1n) is 6.57. The van der Waals surface area contributed by atoms with Crippen LogP contribution in [0.3, 0.4) is 0 Å². The molecule has 5 nitrogen and oxygen atoms in total. The predicted octanol–water partition coefficient (Wildman–Crippen LogP) is 1.28. The average Bonchev–Trinajstić information content (AvgIpc) is 2.68. The van der Waals surface area contributed by atoms with Crippen LogP contribution in [0.4, 0.5) is 0 Å². The normalized spacial score (nSPS) is 14.8. The SMILES string of the molecule is C=C(CCC(=O)OC)C(=O)C(N)CC1=CC=C(N)C=C=C1. The summed E-state index contributed by atoms with van der Waals surface area (Å²) >= 11 is 0. The Morgan fingerprint density at radius 2 is 2.05 bits per heavy atom. The number of Topliss-reactive ketones (excluding diaryl/α,β-unsaturated/α-hetero) is 1. The third-order valence-electron chi connectivity index (χ3n) is 3.01. The molecule has 0 aromatic rings. The van der Waals surface area contributed by atoms with Gasteiger partial charge in [-0.15, -0.1) is 5.73 Å². The quantitative estimate of drug-likeness (QED) is 0.418. The van der Waals surface area contributed by atoms with Gasteiger partial charge in [-0.1, -0.05) is 12.7 Å². The van der Waals surface area contributed by atoms with Gasteiger partial charge in [0.2, 0.25) is 0 Å². The number of ketones is 1. The number of hydrogen-bond acceptors (Lipinski definition) is 5. The fraction of sp³-hybridized carbons (Fsp3) is 0.312. The predicted molar refractivity (Wildman–Crippen MR) is 81.0 cm³/mol. The van der Waals surface area contributed by atoms with Gasteiger partial charge in [0.25, 0.3) is 0 Å². The molecule has 1 rings (SSSR count). The number of allylic oxidation sites excluding steroid dienone is 3. The van der Waals surface area contributed by atoms with E-state index in [1.54, 1.807) is 24.3 Å². The third kappa shape index (κ3) is 5.65. The van der Waals surface area contributed by atoms with Gasteiger partial charge in [0.1, 0.15) is 0 Å². The molecule has 0 aromatic heterocycles. The zero-order valence-electron chi connectivity index (χ0n) is 12.1. The monoisotopic (exact) mass is 288 g/mol. The van der Waals surface area contributed by atoms with Crippen molar-refractivity contribution >= 4 is 11.8 Å². The number of carbonyl (C=O) groups excluding carboxylic acids is 2. The minimum atomic E-state index is -0.702. The summed E-state index contributed by atoms with van der Waals surface area (Å²) in [7, 11) is 1.30. The first-order chi connectivity index (χ1) is 9.93. The fourth-order valence-electron chi connectivity index (χ4n) is 1.76. The van der Waals surface area contributed by atoms with E-state index in [9.17, 15) is 9.59 Å². The van der Waals surface area contributed by atoms with E-state index in [-0.39, 0.29) is 24.6 Å². The van der Waals surface area contributed by atoms with Gasteiger partial charge in [-0.3, -0.25) is 9.59 Å². The van der Waals surface area contributed by atoms with Crippen molar-refractivity contribution in [3.8, 4) is 0 Å². The summed E-state index contributed by atoms with van der Waals surface area (Å²) in [6, 6.07) is -0.702. The van der Waals surface area contributed by atoms with Crippen molar-refractivity contribution in [2.75, 3.05) is 7.11 Å². The molecule has 0 fully saturated rings. The maximum absolute atomic E-state index is 12.1. The summed E-state index contributed by atoms with van der Waals surface area (Å²) in [6.07, 6.45) is 7.65. The second-order valence-corrected chi connectivity index (χ2v) is 4.72. The van der Waals surface area contributed by atoms with E-state index in [2.05, 4.69) is 17.0 Å². The van der Waals surface area contributed by atoms with Crippen molar-refractivity contribution in [3.05, 3.63) is 53.5 Å². The number of methoxy groups -OCH3 is 1. The number of esters is 1. The Morgan fingerprint density at radius 1 is 1.33 bits per heavy atom. The Bertz CT molecular complexity index is 564. The summed E-state index contributed by atoms with van der Waals surface area (Å²) in [5.41, 5.74) is 16.2. The van der Waals surface area contributed by atoms with Crippen molar-refractivity contribution < 1.29 is 14.3 Å². The van der Waals surface area contributed by atoms with Crippen LogP contribution >= 0.6 is 0 Å². The molecular formula is C16H20N2O3. The largest absolute Gasteiger partial charge is 0.469 e. The highest BCUT2D eigenvalue weighted by atomic mass is 16.5. The molecule has 0 saturated carbocycles. The van der Waals surface area contributed by atoms with Crippen LogP contribution in [0.5, 0.6) is 0 Å². The minimum absolute atomic E-state index is 0.123. The molecule has 5 heteroatoms. The van der Waals surface area contributed by atoms with Gasteiger partial charge in [-0.2, -0.15) is 0 Å². The van der Waals surface area contributed by atoms with Crippen LogP contribution in [0, 0.1) is 0 Å². The minimum Gasteiger partial charge on any atom is -0.469 e. The van der Waals surface area contributed by atoms with E-state index in [0.717, 1.165) is 5.57 Å². The molecule has 0 spiro atoms. The number of rotatable bonds is 7. The lowest BCUT2D eigenvalue weighted by molar-refractivity contribution is -0.140. The van der Waals surface area contributed by atoms with Crippen molar-refractivity contribution in [3.63, 3.8) is 0 Å². The van der Waals surface area contributed by atoms with Crippen LogP contribution in [0.1, 0.15) is 19.3 Å². The molecule has 1 atom stereocenters. The summed E-state index contributed by atoms with van der Waals surface area (Å²) in [6.45, 7) is 3.68. The lowest BCUT2D eigenvalue weighted by Gasteiger charge is -2.12. The van der Waals surface area contributed by atoms with Gasteiger partial charge >= 0.3 is 5.97 Å². The molecule has 21 heavy (non-hydrogen) atoms. The first kappa shape index (κ1) is 16.7. The van der Waals surface area contributed by atoms with Crippen LogP contribution in [0.2, 0.25) is 0 Å². The molecule has 1 aliphatic rings. The zero-order chi connectivity index (χ0) is 15.8. The number of ether oxygens (including phenoxy) is 1. The van der Waals surface area contributed by atoms with E-state index in [0.29, 0.717) is 17.7 Å². The molecule has 0 radical (unpaired) electrons. The second-order valence-electron chi connectivity index (χ2n) is 4.72. The van der Waals surface area contributed by atoms with Crippen LogP contribution in [0.25, 0.3) is 0 Å². The Balaban J connectivity index is 2.57. The molecule has 0 amide bonds. The van der Waals surface area contributed by atoms with E-state index in [1.807, 2.05) is 0 Å². The highest BCUT2D eigenvalue weighted by Gasteiger charge is 2.18. The number of carbonyl (C=O) groups is 2. The van der Waals surface area contributed by atoms with Crippen molar-refractivity contribution in [1.29, 1.82) is 0 Å². The number of nitrogens with two attached hydrogens (primary N) is 2. The number of hydrogen-bond donors (Lipinski definition) is 2. The molecule has 0 bridgehead atoms. The lowest BCUT2D eigenvalue weighted by Crippen LogP contribution is -2.32. The Kier molecular flexibility index (Phi) is 6.40. The summed E-state index contributed by atoms with van der Waals surface area (Å²) < 4.78 is 4.52. The molecule has 0 aliphatic heterocycles. The lowest BCUT2D eigenvalue weighted by atomic mass is 9.96. The summed E-state index contributed by atoms with van der Waals surface area (Å²) in [4.78, 5) is 23.1. The summed E-state index contributed by atoms with van der Waals surface area (Å²) in [5.74, 6) is -0.629. The maximum Gasteiger partial charge on any atom is 0.305 e. The van der Waals surface area contributed by atoms with Gasteiger partial charge in [-0.25, -0.2) is 0 Å². The van der Waals surface area contributed by atoms with Crippen LogP contribution in [0.15, 0.2) is 53.5 Å². The Labute approximate surface area is 124 Å². The smallest absolute Gasteiger partial charge is 0.305 e. The topological polar surface area (TPSA) is 95.4 Å². The molecule has 0 heterocycles. The van der Waals surface area contributed by atoms with Crippen LogP contribution in [-0.2, 0) is 14.3 Å². The molecule has 1 aliphatic carbocycles. The molecule has 0 saturated heterocycles. The van der Waals surface area contributed by atoms with E-state index in [4.69, 9.17) is 11.5 Å². The van der Waals surface area contributed by atoms with E-state index in [1.165, 1.54) is 7.11 Å². The van der Waals surface area contributed by atoms with Crippen molar-refractivity contribution in [1.82, 2.24) is 0 Å². The van der Waals surface area contributed by atoms with E-state index < -0.39 is 6.04 Å². The molecular weight excluding hydrogens is 268 g/mol. The average molecular weight is 288 g/mol. The standard InChI is InChI=1S/C16H20N2O3/c1-11(6-9-15(19)21-2)16(20)14(18)10-12-4-3-5-13(17)8-7-12/h4-5,7-8,14H,1,6,9-10,17-18H2,2H3. The van der Waals surface area contributed by atoms with Gasteiger partial charge in [-0.05, 0) is 36.1 Å². The van der Waals surface area contributed by atoms with Gasteiger partial charge < -0.3 is 16.2 Å².